The van der Waals surface area contributed by atoms with E-state index in [-0.39, 0.29) is 5.69 Å². The maximum absolute atomic E-state index is 10.5. The average Bonchev–Trinajstić information content (AvgIpc) is 2.46. The van der Waals surface area contributed by atoms with Gasteiger partial charge in [-0.15, -0.1) is 0 Å². The zero-order valence-corrected chi connectivity index (χ0v) is 6.45. The number of nitrogens with one attached hydrogen (secondary N) is 1. The Bertz CT molecular complexity index is 295. The Morgan fingerprint density at radius 2 is 2.58 bits per heavy atom. The molecule has 1 aliphatic rings. The van der Waals surface area contributed by atoms with Gasteiger partial charge in [0.15, 0.2) is 5.69 Å². The van der Waals surface area contributed by atoms with Crippen LogP contribution in [0.2, 0.25) is 0 Å². The fourth-order valence-corrected chi connectivity index (χ4v) is 1.28. The zero-order valence-electron chi connectivity index (χ0n) is 6.45. The van der Waals surface area contributed by atoms with Gasteiger partial charge in [-0.1, -0.05) is 0 Å². The highest BCUT2D eigenvalue weighted by Gasteiger charge is 2.14. The smallest absolute Gasteiger partial charge is 0.356 e. The molecule has 2 N–H and O–H groups in total. The van der Waals surface area contributed by atoms with Gasteiger partial charge in [0, 0.05) is 13.0 Å². The first kappa shape index (κ1) is 7.15. The molecule has 2 heterocycles. The van der Waals surface area contributed by atoms with Crippen LogP contribution in [-0.2, 0) is 6.42 Å². The third-order valence-corrected chi connectivity index (χ3v) is 1.86. The molecule has 1 aromatic rings. The molecule has 0 radical (unpaired) electrons. The van der Waals surface area contributed by atoms with Crippen molar-refractivity contribution >= 4 is 5.97 Å². The standard InChI is InChI=1S/C7H9N3O2/c11-7(12)5-4-10-6(9-5)2-1-3-8-10/h4,8H,1-3H2,(H,11,12). The normalized spacial score (nSPS) is 15.0. The first-order valence-corrected chi connectivity index (χ1v) is 3.83. The van der Waals surface area contributed by atoms with Gasteiger partial charge in [0.2, 0.25) is 0 Å². The Kier molecular flexibility index (Phi) is 1.49. The summed E-state index contributed by atoms with van der Waals surface area (Å²) >= 11 is 0. The monoisotopic (exact) mass is 167 g/mol. The molecule has 0 atom stereocenters. The number of aromatic carboxylic acids is 1. The maximum atomic E-state index is 10.5. The lowest BCUT2D eigenvalue weighted by Crippen LogP contribution is -2.23. The van der Waals surface area contributed by atoms with E-state index in [0.717, 1.165) is 25.2 Å². The summed E-state index contributed by atoms with van der Waals surface area (Å²) in [6.07, 6.45) is 3.37. The van der Waals surface area contributed by atoms with Gasteiger partial charge in [0.25, 0.3) is 0 Å². The second-order valence-corrected chi connectivity index (χ2v) is 2.73. The number of carbonyl (C=O) groups is 1. The van der Waals surface area contributed by atoms with Crippen molar-refractivity contribution in [1.82, 2.24) is 9.66 Å². The van der Waals surface area contributed by atoms with Crippen LogP contribution in [0.4, 0.5) is 0 Å². The average molecular weight is 167 g/mol. The molecule has 64 valence electrons. The van der Waals surface area contributed by atoms with Gasteiger partial charge < -0.3 is 10.5 Å². The lowest BCUT2D eigenvalue weighted by atomic mass is 10.3. The van der Waals surface area contributed by atoms with Crippen molar-refractivity contribution in [2.45, 2.75) is 12.8 Å². The SMILES string of the molecule is O=C(O)c1cn2c(n1)CCCN2. The van der Waals surface area contributed by atoms with Crippen LogP contribution in [0, 0.1) is 0 Å². The molecule has 1 aliphatic heterocycles. The van der Waals surface area contributed by atoms with E-state index in [0.29, 0.717) is 0 Å². The van der Waals surface area contributed by atoms with Crippen molar-refractivity contribution in [1.29, 1.82) is 0 Å². The molecule has 0 aromatic carbocycles. The van der Waals surface area contributed by atoms with Crippen molar-refractivity contribution in [3.63, 3.8) is 0 Å². The highest BCUT2D eigenvalue weighted by Crippen LogP contribution is 2.07. The van der Waals surface area contributed by atoms with Crippen LogP contribution in [-0.4, -0.2) is 27.3 Å². The van der Waals surface area contributed by atoms with Crippen molar-refractivity contribution in [2.24, 2.45) is 0 Å². The van der Waals surface area contributed by atoms with E-state index in [4.69, 9.17) is 5.11 Å². The van der Waals surface area contributed by atoms with Crippen LogP contribution in [0.5, 0.6) is 0 Å². The van der Waals surface area contributed by atoms with Crippen LogP contribution in [0.3, 0.4) is 0 Å². The lowest BCUT2D eigenvalue weighted by Gasteiger charge is -2.14. The molecule has 0 saturated heterocycles. The van der Waals surface area contributed by atoms with E-state index in [1.165, 1.54) is 6.20 Å². The highest BCUT2D eigenvalue weighted by molar-refractivity contribution is 5.85. The number of aromatic nitrogens is 2. The van der Waals surface area contributed by atoms with Crippen LogP contribution in [0.15, 0.2) is 6.20 Å². The summed E-state index contributed by atoms with van der Waals surface area (Å²) in [5.41, 5.74) is 3.14. The molecule has 0 fully saturated rings. The number of fused-ring (bicyclic) bond motifs is 1. The molecule has 0 unspecified atom stereocenters. The molecule has 0 amide bonds. The molecule has 2 rings (SSSR count). The number of aryl methyl sites for hydroxylation is 1. The van der Waals surface area contributed by atoms with Crippen molar-refractivity contribution in [3.05, 3.63) is 17.7 Å². The van der Waals surface area contributed by atoms with Gasteiger partial charge in [-0.25, -0.2) is 9.78 Å². The number of carboxylic acids is 1. The fraction of sp³-hybridized carbons (Fsp3) is 0.429. The quantitative estimate of drug-likeness (QED) is 0.621. The van der Waals surface area contributed by atoms with E-state index < -0.39 is 5.97 Å². The molecule has 0 bridgehead atoms. The van der Waals surface area contributed by atoms with Crippen molar-refractivity contribution < 1.29 is 9.90 Å². The van der Waals surface area contributed by atoms with E-state index in [2.05, 4.69) is 10.4 Å². The first-order valence-electron chi connectivity index (χ1n) is 3.83. The number of hydrogen-bond donors (Lipinski definition) is 2. The Labute approximate surface area is 69.0 Å². The van der Waals surface area contributed by atoms with E-state index in [9.17, 15) is 4.79 Å². The van der Waals surface area contributed by atoms with Crippen LogP contribution in [0.1, 0.15) is 22.7 Å². The number of nitrogens with zero attached hydrogens (tertiary/aromatic N) is 2. The fourth-order valence-electron chi connectivity index (χ4n) is 1.28. The molecule has 1 aromatic heterocycles. The molecule has 5 heteroatoms. The molecule has 12 heavy (non-hydrogen) atoms. The van der Waals surface area contributed by atoms with Crippen LogP contribution in [0.25, 0.3) is 0 Å². The molecule has 0 aliphatic carbocycles. The number of hydrogen-bond acceptors (Lipinski definition) is 3. The van der Waals surface area contributed by atoms with Gasteiger partial charge in [-0.05, 0) is 6.42 Å². The Morgan fingerprint density at radius 1 is 1.75 bits per heavy atom. The van der Waals surface area contributed by atoms with Gasteiger partial charge in [0.05, 0.1) is 6.20 Å². The molecule has 5 nitrogen and oxygen atoms in total. The van der Waals surface area contributed by atoms with Gasteiger partial charge in [-0.3, -0.25) is 4.68 Å². The molecular formula is C7H9N3O2. The number of imidazole rings is 1. The molecule has 0 saturated carbocycles. The minimum atomic E-state index is -0.973. The van der Waals surface area contributed by atoms with Crippen LogP contribution >= 0.6 is 0 Å². The van der Waals surface area contributed by atoms with Crippen molar-refractivity contribution in [3.8, 4) is 0 Å². The Morgan fingerprint density at radius 3 is 3.25 bits per heavy atom. The van der Waals surface area contributed by atoms with Gasteiger partial charge in [0.1, 0.15) is 5.82 Å². The summed E-state index contributed by atoms with van der Waals surface area (Å²) in [4.78, 5) is 14.5. The summed E-state index contributed by atoms with van der Waals surface area (Å²) in [6, 6.07) is 0. The Hall–Kier alpha value is -1.52. The maximum Gasteiger partial charge on any atom is 0.356 e. The zero-order chi connectivity index (χ0) is 8.55. The van der Waals surface area contributed by atoms with Gasteiger partial charge in [-0.2, -0.15) is 0 Å². The molecule has 0 spiro atoms. The summed E-state index contributed by atoms with van der Waals surface area (Å²) in [7, 11) is 0. The Balaban J connectivity index is 2.38. The highest BCUT2D eigenvalue weighted by atomic mass is 16.4. The summed E-state index contributed by atoms with van der Waals surface area (Å²) in [5.74, 6) is -0.169. The van der Waals surface area contributed by atoms with Crippen LogP contribution < -0.4 is 5.43 Å². The summed E-state index contributed by atoms with van der Waals surface area (Å²) in [6.45, 7) is 0.877. The largest absolute Gasteiger partial charge is 0.476 e. The topological polar surface area (TPSA) is 67.1 Å². The minimum Gasteiger partial charge on any atom is -0.476 e. The number of carboxylic acid groups (broad SMARTS) is 1. The molecular weight excluding hydrogens is 158 g/mol. The lowest BCUT2D eigenvalue weighted by molar-refractivity contribution is 0.0691. The third kappa shape index (κ3) is 1.03. The minimum absolute atomic E-state index is 0.111. The van der Waals surface area contributed by atoms with E-state index in [1.54, 1.807) is 4.68 Å². The third-order valence-electron chi connectivity index (χ3n) is 1.86. The summed E-state index contributed by atoms with van der Waals surface area (Å²) < 4.78 is 1.69. The van der Waals surface area contributed by atoms with E-state index >= 15 is 0 Å². The first-order chi connectivity index (χ1) is 5.77. The van der Waals surface area contributed by atoms with Gasteiger partial charge >= 0.3 is 5.97 Å². The second kappa shape index (κ2) is 2.51. The number of rotatable bonds is 1. The predicted molar refractivity (Wildman–Crippen MR) is 41.7 cm³/mol. The van der Waals surface area contributed by atoms with E-state index in [1.807, 2.05) is 0 Å². The van der Waals surface area contributed by atoms with Crippen molar-refractivity contribution in [2.75, 3.05) is 12.0 Å². The second-order valence-electron chi connectivity index (χ2n) is 2.73. The predicted octanol–water partition coefficient (Wildman–Crippen LogP) is 0.0710. The summed E-state index contributed by atoms with van der Waals surface area (Å²) in [5, 5.41) is 8.63.